The summed E-state index contributed by atoms with van der Waals surface area (Å²) in [6.45, 7) is 1.90. The Hall–Kier alpha value is -3.24. The lowest BCUT2D eigenvalue weighted by molar-refractivity contribution is -0.137. The summed E-state index contributed by atoms with van der Waals surface area (Å²) in [7, 11) is 1.36. The van der Waals surface area contributed by atoms with E-state index >= 15 is 0 Å². The van der Waals surface area contributed by atoms with Gasteiger partial charge in [-0.1, -0.05) is 6.92 Å². The number of nitrogens with one attached hydrogen (secondary N) is 3. The van der Waals surface area contributed by atoms with E-state index in [1.807, 2.05) is 13.0 Å². The van der Waals surface area contributed by atoms with Crippen LogP contribution in [0.3, 0.4) is 0 Å². The van der Waals surface area contributed by atoms with Gasteiger partial charge in [0.15, 0.2) is 0 Å². The average Bonchev–Trinajstić information content (AvgIpc) is 3.08. The predicted molar refractivity (Wildman–Crippen MR) is 88.0 cm³/mol. The molecule has 0 saturated heterocycles. The SMILES string of the molecule is CNc1nc(Nc2cn[nH]c2C(C)c2cccnn2)ncc1C(F)(F)F. The number of aromatic nitrogens is 6. The van der Waals surface area contributed by atoms with Crippen molar-refractivity contribution in [2.75, 3.05) is 17.7 Å². The Morgan fingerprint density at radius 3 is 2.69 bits per heavy atom. The number of hydrogen-bond donors (Lipinski definition) is 3. The molecular formula is C15H15F3N8. The van der Waals surface area contributed by atoms with E-state index in [2.05, 4.69) is 41.0 Å². The second-order valence-electron chi connectivity index (χ2n) is 5.40. The summed E-state index contributed by atoms with van der Waals surface area (Å²) in [5.74, 6) is -0.481. The number of alkyl halides is 3. The molecule has 26 heavy (non-hydrogen) atoms. The quantitative estimate of drug-likeness (QED) is 0.639. The summed E-state index contributed by atoms with van der Waals surface area (Å²) >= 11 is 0. The second kappa shape index (κ2) is 6.94. The third kappa shape index (κ3) is 3.55. The molecule has 3 heterocycles. The first-order valence-electron chi connectivity index (χ1n) is 7.60. The minimum Gasteiger partial charge on any atom is -0.372 e. The van der Waals surface area contributed by atoms with Gasteiger partial charge in [-0.05, 0) is 12.1 Å². The lowest BCUT2D eigenvalue weighted by Gasteiger charge is -2.14. The Kier molecular flexibility index (Phi) is 4.69. The highest BCUT2D eigenvalue weighted by atomic mass is 19.4. The summed E-state index contributed by atoms with van der Waals surface area (Å²) in [6, 6.07) is 3.58. The van der Waals surface area contributed by atoms with Crippen LogP contribution in [0.25, 0.3) is 0 Å². The normalized spacial score (nSPS) is 12.7. The van der Waals surface area contributed by atoms with Crippen molar-refractivity contribution in [3.8, 4) is 0 Å². The lowest BCUT2D eigenvalue weighted by atomic mass is 10.0. The molecule has 0 radical (unpaired) electrons. The number of H-pyrrole nitrogens is 1. The molecule has 3 aromatic rings. The molecule has 0 aliphatic rings. The molecule has 0 fully saturated rings. The number of halogens is 3. The van der Waals surface area contributed by atoms with Crippen molar-refractivity contribution in [2.24, 2.45) is 0 Å². The van der Waals surface area contributed by atoms with E-state index in [0.717, 1.165) is 6.20 Å². The first-order chi connectivity index (χ1) is 12.4. The smallest absolute Gasteiger partial charge is 0.372 e. The molecule has 1 atom stereocenters. The van der Waals surface area contributed by atoms with Crippen molar-refractivity contribution in [3.05, 3.63) is 47.7 Å². The topological polar surface area (TPSA) is 104 Å². The van der Waals surface area contributed by atoms with Crippen LogP contribution in [-0.2, 0) is 6.18 Å². The number of aromatic amines is 1. The molecule has 3 aromatic heterocycles. The van der Waals surface area contributed by atoms with Crippen LogP contribution in [0.5, 0.6) is 0 Å². The summed E-state index contributed by atoms with van der Waals surface area (Å²) in [4.78, 5) is 7.63. The van der Waals surface area contributed by atoms with Crippen LogP contribution in [0.15, 0.2) is 30.7 Å². The van der Waals surface area contributed by atoms with Crippen LogP contribution >= 0.6 is 0 Å². The fraction of sp³-hybridized carbons (Fsp3) is 0.267. The predicted octanol–water partition coefficient (Wildman–Crippen LogP) is 2.95. The first kappa shape index (κ1) is 17.6. The molecule has 0 aromatic carbocycles. The fourth-order valence-corrected chi connectivity index (χ4v) is 2.38. The number of anilines is 3. The first-order valence-corrected chi connectivity index (χ1v) is 7.60. The molecule has 0 saturated carbocycles. The highest BCUT2D eigenvalue weighted by Crippen LogP contribution is 2.34. The zero-order chi connectivity index (χ0) is 18.7. The molecule has 136 valence electrons. The van der Waals surface area contributed by atoms with Crippen molar-refractivity contribution in [2.45, 2.75) is 19.0 Å². The Bertz CT molecular complexity index is 878. The average molecular weight is 364 g/mol. The van der Waals surface area contributed by atoms with Gasteiger partial charge in [-0.3, -0.25) is 5.10 Å². The summed E-state index contributed by atoms with van der Waals surface area (Å²) < 4.78 is 38.8. The van der Waals surface area contributed by atoms with E-state index in [1.54, 1.807) is 12.3 Å². The fourth-order valence-electron chi connectivity index (χ4n) is 2.38. The molecular weight excluding hydrogens is 349 g/mol. The van der Waals surface area contributed by atoms with Gasteiger partial charge in [0.1, 0.15) is 11.4 Å². The highest BCUT2D eigenvalue weighted by molar-refractivity contribution is 5.59. The van der Waals surface area contributed by atoms with Crippen LogP contribution in [0.2, 0.25) is 0 Å². The Morgan fingerprint density at radius 1 is 1.23 bits per heavy atom. The van der Waals surface area contributed by atoms with E-state index in [1.165, 1.54) is 13.2 Å². The molecule has 8 nitrogen and oxygen atoms in total. The van der Waals surface area contributed by atoms with Gasteiger partial charge in [0.05, 0.1) is 23.3 Å². The van der Waals surface area contributed by atoms with Crippen molar-refractivity contribution >= 4 is 17.5 Å². The van der Waals surface area contributed by atoms with E-state index in [9.17, 15) is 13.2 Å². The maximum atomic E-state index is 12.9. The van der Waals surface area contributed by atoms with Gasteiger partial charge in [-0.15, -0.1) is 0 Å². The summed E-state index contributed by atoms with van der Waals surface area (Å²) in [5.41, 5.74) is 0.986. The van der Waals surface area contributed by atoms with Crippen LogP contribution < -0.4 is 10.6 Å². The number of rotatable bonds is 5. The maximum Gasteiger partial charge on any atom is 0.421 e. The second-order valence-corrected chi connectivity index (χ2v) is 5.40. The molecule has 3 N–H and O–H groups in total. The van der Waals surface area contributed by atoms with Crippen LogP contribution in [0, 0.1) is 0 Å². The third-order valence-corrected chi connectivity index (χ3v) is 3.72. The van der Waals surface area contributed by atoms with E-state index in [-0.39, 0.29) is 17.7 Å². The highest BCUT2D eigenvalue weighted by Gasteiger charge is 2.35. The van der Waals surface area contributed by atoms with Crippen LogP contribution in [0.1, 0.15) is 29.8 Å². The van der Waals surface area contributed by atoms with Gasteiger partial charge in [0.2, 0.25) is 5.95 Å². The molecule has 0 spiro atoms. The Labute approximate surface area is 146 Å². The third-order valence-electron chi connectivity index (χ3n) is 3.72. The molecule has 3 rings (SSSR count). The number of nitrogens with zero attached hydrogens (tertiary/aromatic N) is 5. The van der Waals surface area contributed by atoms with Gasteiger partial charge in [-0.2, -0.15) is 33.5 Å². The summed E-state index contributed by atoms with van der Waals surface area (Å²) in [6.07, 6.45) is -0.745. The molecule has 11 heteroatoms. The molecule has 0 amide bonds. The van der Waals surface area contributed by atoms with Gasteiger partial charge < -0.3 is 10.6 Å². The Balaban J connectivity index is 1.88. The lowest BCUT2D eigenvalue weighted by Crippen LogP contribution is -2.13. The molecule has 0 aliphatic heterocycles. The van der Waals surface area contributed by atoms with Gasteiger partial charge in [-0.25, -0.2) is 4.98 Å². The van der Waals surface area contributed by atoms with Gasteiger partial charge >= 0.3 is 6.18 Å². The number of hydrogen-bond acceptors (Lipinski definition) is 7. The largest absolute Gasteiger partial charge is 0.421 e. The zero-order valence-corrected chi connectivity index (χ0v) is 13.8. The monoisotopic (exact) mass is 364 g/mol. The maximum absolute atomic E-state index is 12.9. The van der Waals surface area contributed by atoms with Gasteiger partial charge in [0, 0.05) is 25.4 Å². The molecule has 1 unspecified atom stereocenters. The van der Waals surface area contributed by atoms with E-state index < -0.39 is 11.7 Å². The minimum atomic E-state index is -4.54. The van der Waals surface area contributed by atoms with Gasteiger partial charge in [0.25, 0.3) is 0 Å². The van der Waals surface area contributed by atoms with E-state index in [4.69, 9.17) is 0 Å². The molecule has 0 bridgehead atoms. The zero-order valence-electron chi connectivity index (χ0n) is 13.8. The van der Waals surface area contributed by atoms with Crippen LogP contribution in [0.4, 0.5) is 30.6 Å². The van der Waals surface area contributed by atoms with E-state index in [0.29, 0.717) is 17.1 Å². The van der Waals surface area contributed by atoms with Crippen molar-refractivity contribution in [1.82, 2.24) is 30.4 Å². The van der Waals surface area contributed by atoms with Crippen molar-refractivity contribution < 1.29 is 13.2 Å². The minimum absolute atomic E-state index is 0.0105. The van der Waals surface area contributed by atoms with Crippen molar-refractivity contribution in [1.29, 1.82) is 0 Å². The molecule has 0 aliphatic carbocycles. The Morgan fingerprint density at radius 2 is 2.04 bits per heavy atom. The standard InChI is InChI=1S/C15H15F3N8/c1-8(10-4-3-5-21-25-10)12-11(7-22-26-12)23-14-20-6-9(15(16,17)18)13(19-2)24-14/h3-8H,1-2H3,(H,22,26)(H2,19,20,23,24). The summed E-state index contributed by atoms with van der Waals surface area (Å²) in [5, 5.41) is 20.0. The van der Waals surface area contributed by atoms with Crippen molar-refractivity contribution in [3.63, 3.8) is 0 Å². The van der Waals surface area contributed by atoms with Crippen LogP contribution in [-0.4, -0.2) is 37.4 Å².